The zero-order valence-electron chi connectivity index (χ0n) is 9.16. The Labute approximate surface area is 90.1 Å². The predicted octanol–water partition coefficient (Wildman–Crippen LogP) is 0.868. The first kappa shape index (κ1) is 11.7. The fourth-order valence-corrected chi connectivity index (χ4v) is 1.24. The molecule has 1 aromatic rings. The minimum absolute atomic E-state index is 0.00463. The second-order valence-corrected chi connectivity index (χ2v) is 3.32. The van der Waals surface area contributed by atoms with Gasteiger partial charge < -0.3 is 10.6 Å². The maximum atomic E-state index is 11.4. The minimum atomic E-state index is -0.0441. The molecule has 0 aliphatic rings. The van der Waals surface area contributed by atoms with Crippen molar-refractivity contribution in [3.8, 4) is 0 Å². The maximum Gasteiger partial charge on any atom is 0.234 e. The van der Waals surface area contributed by atoms with Crippen LogP contribution in [0.25, 0.3) is 0 Å². The van der Waals surface area contributed by atoms with Gasteiger partial charge in [0, 0.05) is 6.20 Å². The van der Waals surface area contributed by atoms with Crippen LogP contribution in [-0.4, -0.2) is 24.0 Å². The van der Waals surface area contributed by atoms with Gasteiger partial charge in [-0.2, -0.15) is 0 Å². The third kappa shape index (κ3) is 4.08. The largest absolute Gasteiger partial charge is 0.347 e. The molecule has 0 radical (unpaired) electrons. The van der Waals surface area contributed by atoms with Gasteiger partial charge in [0.2, 0.25) is 5.91 Å². The summed E-state index contributed by atoms with van der Waals surface area (Å²) in [6.45, 7) is 5.04. The number of aromatic nitrogens is 1. The lowest BCUT2D eigenvalue weighted by Gasteiger charge is -2.13. The van der Waals surface area contributed by atoms with Crippen molar-refractivity contribution < 1.29 is 4.79 Å². The summed E-state index contributed by atoms with van der Waals surface area (Å²) in [6.07, 6.45) is 1.72. The molecule has 0 unspecified atom stereocenters. The number of hydrogen-bond acceptors (Lipinski definition) is 3. The highest BCUT2D eigenvalue weighted by atomic mass is 16.1. The van der Waals surface area contributed by atoms with E-state index in [0.29, 0.717) is 6.54 Å². The molecule has 0 spiro atoms. The molecular weight excluding hydrogens is 190 g/mol. The molecule has 1 rings (SSSR count). The lowest BCUT2D eigenvalue weighted by Crippen LogP contribution is -2.35. The van der Waals surface area contributed by atoms with Gasteiger partial charge in [0.25, 0.3) is 0 Å². The number of rotatable bonds is 5. The molecule has 0 saturated heterocycles. The van der Waals surface area contributed by atoms with E-state index >= 15 is 0 Å². The van der Waals surface area contributed by atoms with Crippen molar-refractivity contribution in [1.29, 1.82) is 0 Å². The lowest BCUT2D eigenvalue weighted by molar-refractivity contribution is -0.120. The van der Waals surface area contributed by atoms with E-state index in [1.807, 2.05) is 32.0 Å². The highest BCUT2D eigenvalue weighted by molar-refractivity contribution is 5.78. The van der Waals surface area contributed by atoms with Crippen LogP contribution in [0, 0.1) is 0 Å². The van der Waals surface area contributed by atoms with E-state index in [1.165, 1.54) is 0 Å². The maximum absolute atomic E-state index is 11.4. The zero-order chi connectivity index (χ0) is 11.1. The summed E-state index contributed by atoms with van der Waals surface area (Å²) in [4.78, 5) is 15.6. The van der Waals surface area contributed by atoms with Crippen molar-refractivity contribution in [2.45, 2.75) is 19.9 Å². The smallest absolute Gasteiger partial charge is 0.234 e. The van der Waals surface area contributed by atoms with Crippen molar-refractivity contribution in [3.63, 3.8) is 0 Å². The first-order valence-corrected chi connectivity index (χ1v) is 5.15. The Hall–Kier alpha value is -1.42. The molecule has 0 bridgehead atoms. The third-order valence-corrected chi connectivity index (χ3v) is 2.04. The van der Waals surface area contributed by atoms with E-state index in [2.05, 4.69) is 15.6 Å². The Bertz CT molecular complexity index is 300. The Morgan fingerprint density at radius 1 is 1.53 bits per heavy atom. The number of carbonyl (C=O) groups is 1. The molecule has 1 heterocycles. The van der Waals surface area contributed by atoms with E-state index in [0.717, 1.165) is 12.2 Å². The second-order valence-electron chi connectivity index (χ2n) is 3.32. The number of amides is 1. The minimum Gasteiger partial charge on any atom is -0.347 e. The van der Waals surface area contributed by atoms with E-state index in [4.69, 9.17) is 0 Å². The van der Waals surface area contributed by atoms with Crippen LogP contribution >= 0.6 is 0 Å². The highest BCUT2D eigenvalue weighted by Crippen LogP contribution is 2.06. The van der Waals surface area contributed by atoms with Crippen molar-refractivity contribution in [1.82, 2.24) is 15.6 Å². The standard InChI is InChI=1S/C11H17N3O/c1-3-12-8-11(15)14-9(2)10-6-4-5-7-13-10/h4-7,9,12H,3,8H2,1-2H3,(H,14,15)/t9-/m1/s1. The van der Waals surface area contributed by atoms with Gasteiger partial charge in [-0.15, -0.1) is 0 Å². The lowest BCUT2D eigenvalue weighted by atomic mass is 10.2. The molecule has 1 amide bonds. The molecule has 1 atom stereocenters. The van der Waals surface area contributed by atoms with Crippen LogP contribution < -0.4 is 10.6 Å². The topological polar surface area (TPSA) is 54.0 Å². The Balaban J connectivity index is 2.42. The molecule has 0 aliphatic carbocycles. The number of nitrogens with one attached hydrogen (secondary N) is 2. The first-order chi connectivity index (χ1) is 7.24. The van der Waals surface area contributed by atoms with Gasteiger partial charge in [-0.3, -0.25) is 9.78 Å². The van der Waals surface area contributed by atoms with Gasteiger partial charge in [-0.05, 0) is 25.6 Å². The van der Waals surface area contributed by atoms with Crippen molar-refractivity contribution in [3.05, 3.63) is 30.1 Å². The van der Waals surface area contributed by atoms with Crippen LogP contribution in [0.2, 0.25) is 0 Å². The second kappa shape index (κ2) is 6.14. The average Bonchev–Trinajstić information content (AvgIpc) is 2.27. The molecule has 82 valence electrons. The number of likely N-dealkylation sites (N-methyl/N-ethyl adjacent to an activating group) is 1. The molecule has 0 saturated carbocycles. The van der Waals surface area contributed by atoms with Gasteiger partial charge in [-0.1, -0.05) is 13.0 Å². The average molecular weight is 207 g/mol. The summed E-state index contributed by atoms with van der Waals surface area (Å²) in [7, 11) is 0. The van der Waals surface area contributed by atoms with Crippen LogP contribution in [0.1, 0.15) is 25.6 Å². The number of carbonyl (C=O) groups excluding carboxylic acids is 1. The van der Waals surface area contributed by atoms with Crippen LogP contribution in [0.3, 0.4) is 0 Å². The SMILES string of the molecule is CCNCC(=O)N[C@H](C)c1ccccn1. The number of nitrogens with zero attached hydrogens (tertiary/aromatic N) is 1. The summed E-state index contributed by atoms with van der Waals surface area (Å²) < 4.78 is 0. The first-order valence-electron chi connectivity index (χ1n) is 5.15. The van der Waals surface area contributed by atoms with Crippen molar-refractivity contribution in [2.24, 2.45) is 0 Å². The quantitative estimate of drug-likeness (QED) is 0.753. The predicted molar refractivity (Wildman–Crippen MR) is 59.3 cm³/mol. The van der Waals surface area contributed by atoms with E-state index in [9.17, 15) is 4.79 Å². The Morgan fingerprint density at radius 3 is 2.93 bits per heavy atom. The van der Waals surface area contributed by atoms with Crippen LogP contribution in [0.5, 0.6) is 0 Å². The molecule has 0 aromatic carbocycles. The monoisotopic (exact) mass is 207 g/mol. The molecular formula is C11H17N3O. The van der Waals surface area contributed by atoms with Gasteiger partial charge in [0.05, 0.1) is 18.3 Å². The van der Waals surface area contributed by atoms with Crippen LogP contribution in [0.15, 0.2) is 24.4 Å². The van der Waals surface area contributed by atoms with Crippen LogP contribution in [0.4, 0.5) is 0 Å². The van der Waals surface area contributed by atoms with Gasteiger partial charge in [0.1, 0.15) is 0 Å². The van der Waals surface area contributed by atoms with Gasteiger partial charge in [-0.25, -0.2) is 0 Å². The van der Waals surface area contributed by atoms with Gasteiger partial charge >= 0.3 is 0 Å². The molecule has 15 heavy (non-hydrogen) atoms. The van der Waals surface area contributed by atoms with Crippen molar-refractivity contribution >= 4 is 5.91 Å². The van der Waals surface area contributed by atoms with E-state index in [1.54, 1.807) is 6.20 Å². The Kier molecular flexibility index (Phi) is 4.77. The fraction of sp³-hybridized carbons (Fsp3) is 0.455. The number of hydrogen-bond donors (Lipinski definition) is 2. The zero-order valence-corrected chi connectivity index (χ0v) is 9.16. The molecule has 2 N–H and O–H groups in total. The summed E-state index contributed by atoms with van der Waals surface area (Å²) >= 11 is 0. The third-order valence-electron chi connectivity index (χ3n) is 2.04. The van der Waals surface area contributed by atoms with E-state index in [-0.39, 0.29) is 11.9 Å². The molecule has 1 aromatic heterocycles. The summed E-state index contributed by atoms with van der Waals surface area (Å²) in [5.74, 6) is -0.00463. The molecule has 4 nitrogen and oxygen atoms in total. The van der Waals surface area contributed by atoms with Crippen LogP contribution in [-0.2, 0) is 4.79 Å². The van der Waals surface area contributed by atoms with E-state index < -0.39 is 0 Å². The normalized spacial score (nSPS) is 12.1. The number of pyridine rings is 1. The molecule has 0 aliphatic heterocycles. The summed E-state index contributed by atoms with van der Waals surface area (Å²) in [5, 5.41) is 5.84. The summed E-state index contributed by atoms with van der Waals surface area (Å²) in [5.41, 5.74) is 0.877. The fourth-order valence-electron chi connectivity index (χ4n) is 1.24. The Morgan fingerprint density at radius 2 is 2.33 bits per heavy atom. The van der Waals surface area contributed by atoms with Gasteiger partial charge in [0.15, 0.2) is 0 Å². The molecule has 4 heteroatoms. The molecule has 0 fully saturated rings. The summed E-state index contributed by atoms with van der Waals surface area (Å²) in [6, 6.07) is 5.63. The van der Waals surface area contributed by atoms with Crippen molar-refractivity contribution in [2.75, 3.05) is 13.1 Å². The highest BCUT2D eigenvalue weighted by Gasteiger charge is 2.08.